The fourth-order valence-corrected chi connectivity index (χ4v) is 2.72. The maximum atomic E-state index is 11.9. The average Bonchev–Trinajstić information content (AvgIpc) is 2.67. The van der Waals surface area contributed by atoms with E-state index < -0.39 is 12.1 Å². The standard InChI is InChI=1S/C21H18NO3/c23-14-19(22-21(24)25-15-16-7-2-1-3-8-16)13-18-11-6-10-17-9-4-5-12-20(17)18/h1-12,19H,13,15H2,(H,22,24). The number of alkyl carbamates (subject to hydrolysis) is 1. The number of hydrogen-bond donors (Lipinski definition) is 1. The van der Waals surface area contributed by atoms with Crippen LogP contribution in [0.3, 0.4) is 0 Å². The molecule has 1 atom stereocenters. The summed E-state index contributed by atoms with van der Waals surface area (Å²) in [6.45, 7) is 0.159. The van der Waals surface area contributed by atoms with Gasteiger partial charge in [0.25, 0.3) is 0 Å². The van der Waals surface area contributed by atoms with Gasteiger partial charge in [-0.1, -0.05) is 72.8 Å². The summed E-state index contributed by atoms with van der Waals surface area (Å²) in [5.41, 5.74) is 1.87. The molecule has 0 saturated carbocycles. The van der Waals surface area contributed by atoms with Crippen LogP contribution in [0.25, 0.3) is 10.8 Å². The van der Waals surface area contributed by atoms with E-state index in [1.165, 1.54) is 0 Å². The van der Waals surface area contributed by atoms with Gasteiger partial charge in [-0.3, -0.25) is 4.79 Å². The summed E-state index contributed by atoms with van der Waals surface area (Å²) in [6, 6.07) is 22.5. The molecule has 1 radical (unpaired) electrons. The molecule has 3 aromatic rings. The molecule has 0 saturated heterocycles. The highest BCUT2D eigenvalue weighted by molar-refractivity contribution is 5.86. The van der Waals surface area contributed by atoms with Crippen LogP contribution < -0.4 is 5.32 Å². The van der Waals surface area contributed by atoms with E-state index in [1.54, 1.807) is 0 Å². The van der Waals surface area contributed by atoms with Gasteiger partial charge in [-0.2, -0.15) is 0 Å². The Bertz CT molecular complexity index is 856. The third kappa shape index (κ3) is 4.44. The molecule has 1 amide bonds. The molecule has 3 rings (SSSR count). The fourth-order valence-electron chi connectivity index (χ4n) is 2.72. The van der Waals surface area contributed by atoms with E-state index in [4.69, 9.17) is 4.74 Å². The Labute approximate surface area is 146 Å². The van der Waals surface area contributed by atoms with Crippen LogP contribution in [0.4, 0.5) is 4.79 Å². The van der Waals surface area contributed by atoms with Crippen LogP contribution >= 0.6 is 0 Å². The van der Waals surface area contributed by atoms with Gasteiger partial charge < -0.3 is 10.1 Å². The summed E-state index contributed by atoms with van der Waals surface area (Å²) in [5, 5.41) is 4.72. The average molecular weight is 332 g/mol. The number of benzene rings is 3. The minimum Gasteiger partial charge on any atom is -0.445 e. The molecule has 0 aromatic heterocycles. The summed E-state index contributed by atoms with van der Waals surface area (Å²) in [6.07, 6.45) is 1.62. The third-order valence-corrected chi connectivity index (χ3v) is 3.95. The number of carbonyl (C=O) groups excluding carboxylic acids is 2. The number of ether oxygens (including phenoxy) is 1. The maximum absolute atomic E-state index is 11.9. The zero-order valence-corrected chi connectivity index (χ0v) is 13.6. The predicted octanol–water partition coefficient (Wildman–Crippen LogP) is 3.79. The smallest absolute Gasteiger partial charge is 0.408 e. The Balaban J connectivity index is 1.62. The number of amides is 1. The van der Waals surface area contributed by atoms with E-state index in [2.05, 4.69) is 5.32 Å². The minimum absolute atomic E-state index is 0.159. The minimum atomic E-state index is -0.755. The van der Waals surface area contributed by atoms with Crippen LogP contribution in [0.5, 0.6) is 0 Å². The van der Waals surface area contributed by atoms with Gasteiger partial charge >= 0.3 is 6.09 Å². The largest absolute Gasteiger partial charge is 0.445 e. The van der Waals surface area contributed by atoms with E-state index in [0.717, 1.165) is 21.9 Å². The molecule has 4 nitrogen and oxygen atoms in total. The molecule has 1 N–H and O–H groups in total. The van der Waals surface area contributed by atoms with E-state index in [9.17, 15) is 9.59 Å². The summed E-state index contributed by atoms with van der Waals surface area (Å²) in [5.74, 6) is 0. The number of nitrogens with one attached hydrogen (secondary N) is 1. The highest BCUT2D eigenvalue weighted by Gasteiger charge is 2.15. The second-order valence-corrected chi connectivity index (χ2v) is 5.72. The Hall–Kier alpha value is -3.14. The Kier molecular flexibility index (Phi) is 5.42. The molecule has 1 unspecified atom stereocenters. The molecule has 25 heavy (non-hydrogen) atoms. The van der Waals surface area contributed by atoms with Crippen molar-refractivity contribution in [3.05, 3.63) is 83.9 Å². The summed E-state index contributed by atoms with van der Waals surface area (Å²) >= 11 is 0. The van der Waals surface area contributed by atoms with Gasteiger partial charge in [0.15, 0.2) is 0 Å². The van der Waals surface area contributed by atoms with Crippen molar-refractivity contribution in [2.75, 3.05) is 0 Å². The first kappa shape index (κ1) is 16.7. The van der Waals surface area contributed by atoms with Crippen LogP contribution in [-0.4, -0.2) is 18.4 Å². The molecular formula is C21H18NO3. The van der Waals surface area contributed by atoms with E-state index in [1.807, 2.05) is 79.1 Å². The van der Waals surface area contributed by atoms with Crippen molar-refractivity contribution in [2.24, 2.45) is 0 Å². The van der Waals surface area contributed by atoms with Crippen LogP contribution in [0.1, 0.15) is 11.1 Å². The summed E-state index contributed by atoms with van der Waals surface area (Å²) in [4.78, 5) is 23.2. The van der Waals surface area contributed by atoms with Gasteiger partial charge in [0.1, 0.15) is 12.6 Å². The monoisotopic (exact) mass is 332 g/mol. The van der Waals surface area contributed by atoms with Crippen molar-refractivity contribution in [3.63, 3.8) is 0 Å². The number of hydrogen-bond acceptors (Lipinski definition) is 3. The molecule has 0 fully saturated rings. The molecule has 0 aliphatic heterocycles. The normalized spacial score (nSPS) is 11.7. The fraction of sp³-hybridized carbons (Fsp3) is 0.143. The molecular weight excluding hydrogens is 314 g/mol. The van der Waals surface area contributed by atoms with Gasteiger partial charge in [0.05, 0.1) is 0 Å². The lowest BCUT2D eigenvalue weighted by Gasteiger charge is -2.14. The molecule has 125 valence electrons. The first-order valence-electron chi connectivity index (χ1n) is 8.08. The van der Waals surface area contributed by atoms with Crippen LogP contribution in [-0.2, 0) is 22.6 Å². The Morgan fingerprint density at radius 3 is 2.48 bits per heavy atom. The molecule has 0 spiro atoms. The van der Waals surface area contributed by atoms with Gasteiger partial charge in [0, 0.05) is 6.42 Å². The second kappa shape index (κ2) is 8.11. The maximum Gasteiger partial charge on any atom is 0.408 e. The lowest BCUT2D eigenvalue weighted by molar-refractivity contribution is 0.138. The molecule has 0 bridgehead atoms. The molecule has 0 heterocycles. The quantitative estimate of drug-likeness (QED) is 0.747. The van der Waals surface area contributed by atoms with Crippen molar-refractivity contribution in [1.29, 1.82) is 0 Å². The zero-order valence-electron chi connectivity index (χ0n) is 13.6. The number of rotatable bonds is 6. The van der Waals surface area contributed by atoms with Gasteiger partial charge in [0.2, 0.25) is 6.29 Å². The van der Waals surface area contributed by atoms with Crippen molar-refractivity contribution < 1.29 is 14.3 Å². The van der Waals surface area contributed by atoms with E-state index in [-0.39, 0.29) is 6.61 Å². The van der Waals surface area contributed by atoms with E-state index >= 15 is 0 Å². The molecule has 0 aliphatic carbocycles. The second-order valence-electron chi connectivity index (χ2n) is 5.72. The third-order valence-electron chi connectivity index (χ3n) is 3.95. The summed E-state index contributed by atoms with van der Waals surface area (Å²) in [7, 11) is 0. The van der Waals surface area contributed by atoms with Crippen molar-refractivity contribution in [2.45, 2.75) is 19.1 Å². The number of carbonyl (C=O) groups is 1. The highest BCUT2D eigenvalue weighted by atomic mass is 16.5. The van der Waals surface area contributed by atoms with E-state index in [0.29, 0.717) is 6.42 Å². The number of fused-ring (bicyclic) bond motifs is 1. The first-order chi connectivity index (χ1) is 12.3. The topological polar surface area (TPSA) is 55.4 Å². The SMILES string of the molecule is O=[C]C(Cc1cccc2ccccc12)NC(=O)OCc1ccccc1. The van der Waals surface area contributed by atoms with Gasteiger partial charge in [-0.25, -0.2) is 4.79 Å². The first-order valence-corrected chi connectivity index (χ1v) is 8.08. The van der Waals surface area contributed by atoms with Crippen molar-refractivity contribution in [1.82, 2.24) is 5.32 Å². The molecule has 0 aliphatic rings. The van der Waals surface area contributed by atoms with Crippen LogP contribution in [0.15, 0.2) is 72.8 Å². The predicted molar refractivity (Wildman–Crippen MR) is 96.9 cm³/mol. The van der Waals surface area contributed by atoms with Gasteiger partial charge in [-0.05, 0) is 21.9 Å². The van der Waals surface area contributed by atoms with Crippen molar-refractivity contribution >= 4 is 23.2 Å². The highest BCUT2D eigenvalue weighted by Crippen LogP contribution is 2.19. The lowest BCUT2D eigenvalue weighted by Crippen LogP contribution is -2.37. The molecule has 4 heteroatoms. The van der Waals surface area contributed by atoms with Crippen LogP contribution in [0, 0.1) is 0 Å². The Morgan fingerprint density at radius 1 is 0.960 bits per heavy atom. The Morgan fingerprint density at radius 2 is 1.68 bits per heavy atom. The van der Waals surface area contributed by atoms with Crippen LogP contribution in [0.2, 0.25) is 0 Å². The summed E-state index contributed by atoms with van der Waals surface area (Å²) < 4.78 is 5.16. The van der Waals surface area contributed by atoms with Gasteiger partial charge in [-0.15, -0.1) is 0 Å². The molecule has 3 aromatic carbocycles. The lowest BCUT2D eigenvalue weighted by atomic mass is 9.99. The zero-order chi connectivity index (χ0) is 17.5. The van der Waals surface area contributed by atoms with Crippen molar-refractivity contribution in [3.8, 4) is 0 Å².